The number of aliphatic hydroxyl groups excluding tert-OH is 2. The molecule has 0 bridgehead atoms. The highest BCUT2D eigenvalue weighted by molar-refractivity contribution is 5.93. The highest BCUT2D eigenvalue weighted by atomic mass is 16.3. The van der Waals surface area contributed by atoms with Crippen LogP contribution in [0.4, 0.5) is 0 Å². The van der Waals surface area contributed by atoms with Gasteiger partial charge in [0.15, 0.2) is 5.78 Å². The topological polar surface area (TPSA) is 77.8 Å². The van der Waals surface area contributed by atoms with E-state index >= 15 is 0 Å². The number of carbonyl (C=O) groups excluding carboxylic acids is 1. The van der Waals surface area contributed by atoms with E-state index in [1.54, 1.807) is 20.8 Å². The molecule has 0 spiro atoms. The van der Waals surface area contributed by atoms with Crippen LogP contribution in [0.2, 0.25) is 0 Å². The van der Waals surface area contributed by atoms with Gasteiger partial charge in [-0.3, -0.25) is 4.79 Å². The van der Waals surface area contributed by atoms with Crippen LogP contribution >= 0.6 is 0 Å². The molecular formula is C13H20O4. The average molecular weight is 240 g/mol. The number of aliphatic hydroxyl groups is 3. The summed E-state index contributed by atoms with van der Waals surface area (Å²) in [6, 6.07) is 0. The maximum atomic E-state index is 11.5. The third-order valence-electron chi connectivity index (χ3n) is 3.26. The quantitative estimate of drug-likeness (QED) is 0.630. The van der Waals surface area contributed by atoms with Gasteiger partial charge in [0.05, 0.1) is 12.7 Å². The lowest BCUT2D eigenvalue weighted by Gasteiger charge is -2.44. The zero-order chi connectivity index (χ0) is 13.3. The van der Waals surface area contributed by atoms with Crippen molar-refractivity contribution < 1.29 is 20.1 Å². The van der Waals surface area contributed by atoms with E-state index in [0.29, 0.717) is 0 Å². The normalized spacial score (nSPS) is 30.5. The van der Waals surface area contributed by atoms with Gasteiger partial charge in [-0.15, -0.1) is 0 Å². The molecule has 1 rings (SSSR count). The van der Waals surface area contributed by atoms with Gasteiger partial charge in [-0.25, -0.2) is 0 Å². The summed E-state index contributed by atoms with van der Waals surface area (Å²) < 4.78 is 0. The molecule has 2 atom stereocenters. The highest BCUT2D eigenvalue weighted by Gasteiger charge is 2.47. The fourth-order valence-corrected chi connectivity index (χ4v) is 2.14. The van der Waals surface area contributed by atoms with Crippen molar-refractivity contribution in [2.75, 3.05) is 6.61 Å². The highest BCUT2D eigenvalue weighted by Crippen LogP contribution is 2.44. The Hall–Kier alpha value is -0.970. The molecule has 4 nitrogen and oxygen atoms in total. The monoisotopic (exact) mass is 240 g/mol. The molecule has 0 heterocycles. The van der Waals surface area contributed by atoms with Crippen molar-refractivity contribution >= 4 is 5.78 Å². The van der Waals surface area contributed by atoms with E-state index in [-0.39, 0.29) is 24.4 Å². The van der Waals surface area contributed by atoms with Gasteiger partial charge < -0.3 is 15.3 Å². The summed E-state index contributed by atoms with van der Waals surface area (Å²) in [5.41, 5.74) is -1.83. The smallest absolute Gasteiger partial charge is 0.156 e. The van der Waals surface area contributed by atoms with Gasteiger partial charge in [-0.2, -0.15) is 0 Å². The number of hydrogen-bond donors (Lipinski definition) is 3. The second-order valence-corrected chi connectivity index (χ2v) is 5.22. The lowest BCUT2D eigenvalue weighted by Crippen LogP contribution is -2.49. The van der Waals surface area contributed by atoms with Crippen LogP contribution in [0.25, 0.3) is 0 Å². The van der Waals surface area contributed by atoms with Crippen molar-refractivity contribution in [2.24, 2.45) is 5.41 Å². The predicted molar refractivity (Wildman–Crippen MR) is 64.3 cm³/mol. The molecule has 96 valence electrons. The summed E-state index contributed by atoms with van der Waals surface area (Å²) in [4.78, 5) is 11.5. The lowest BCUT2D eigenvalue weighted by molar-refractivity contribution is -0.121. The minimum atomic E-state index is -1.40. The Balaban J connectivity index is 3.23. The zero-order valence-electron chi connectivity index (χ0n) is 10.5. The van der Waals surface area contributed by atoms with Crippen LogP contribution in [-0.2, 0) is 4.79 Å². The Bertz CT molecular complexity index is 366. The van der Waals surface area contributed by atoms with Crippen LogP contribution in [0.1, 0.15) is 27.2 Å². The third-order valence-corrected chi connectivity index (χ3v) is 3.26. The molecule has 0 aliphatic heterocycles. The summed E-state index contributed by atoms with van der Waals surface area (Å²) in [6.45, 7) is 4.72. The van der Waals surface area contributed by atoms with Gasteiger partial charge in [-0.05, 0) is 24.6 Å². The molecule has 0 aromatic carbocycles. The maximum Gasteiger partial charge on any atom is 0.156 e. The van der Waals surface area contributed by atoms with E-state index in [9.17, 15) is 20.1 Å². The summed E-state index contributed by atoms with van der Waals surface area (Å²) in [7, 11) is 0. The molecular weight excluding hydrogens is 220 g/mol. The van der Waals surface area contributed by atoms with E-state index in [1.807, 2.05) is 0 Å². The van der Waals surface area contributed by atoms with Crippen LogP contribution < -0.4 is 0 Å². The van der Waals surface area contributed by atoms with Gasteiger partial charge in [0, 0.05) is 11.8 Å². The van der Waals surface area contributed by atoms with Gasteiger partial charge in [0.2, 0.25) is 0 Å². The van der Waals surface area contributed by atoms with E-state index in [2.05, 4.69) is 0 Å². The Morgan fingerprint density at radius 3 is 2.59 bits per heavy atom. The molecule has 0 amide bonds. The van der Waals surface area contributed by atoms with Crippen molar-refractivity contribution in [3.8, 4) is 0 Å². The summed E-state index contributed by atoms with van der Waals surface area (Å²) in [6.07, 6.45) is 3.73. The fraction of sp³-hybridized carbons (Fsp3) is 0.615. The lowest BCUT2D eigenvalue weighted by atomic mass is 9.64. The molecule has 1 aliphatic rings. The summed E-state index contributed by atoms with van der Waals surface area (Å²) in [5.74, 6) is -0.103. The fourth-order valence-electron chi connectivity index (χ4n) is 2.14. The first-order valence-corrected chi connectivity index (χ1v) is 5.67. The van der Waals surface area contributed by atoms with Gasteiger partial charge in [-0.1, -0.05) is 19.9 Å². The molecule has 17 heavy (non-hydrogen) atoms. The SMILES string of the molecule is C[C@H](O)C=C[C@@]1(O)C(CO)=CC(=O)CC1(C)C. The second-order valence-electron chi connectivity index (χ2n) is 5.22. The first-order chi connectivity index (χ1) is 7.73. The predicted octanol–water partition coefficient (Wildman–Crippen LogP) is 0.572. The summed E-state index contributed by atoms with van der Waals surface area (Å²) >= 11 is 0. The summed E-state index contributed by atoms with van der Waals surface area (Å²) in [5, 5.41) is 29.1. The number of allylic oxidation sites excluding steroid dienone is 1. The Kier molecular flexibility index (Phi) is 3.91. The van der Waals surface area contributed by atoms with E-state index in [0.717, 1.165) is 0 Å². The minimum Gasteiger partial charge on any atom is -0.392 e. The van der Waals surface area contributed by atoms with E-state index < -0.39 is 17.1 Å². The van der Waals surface area contributed by atoms with Crippen molar-refractivity contribution in [1.82, 2.24) is 0 Å². The molecule has 0 unspecified atom stereocenters. The van der Waals surface area contributed by atoms with Crippen molar-refractivity contribution in [3.63, 3.8) is 0 Å². The number of ketones is 1. The molecule has 0 aromatic rings. The zero-order valence-corrected chi connectivity index (χ0v) is 10.5. The molecule has 0 saturated heterocycles. The minimum absolute atomic E-state index is 0.103. The first kappa shape index (κ1) is 14.1. The first-order valence-electron chi connectivity index (χ1n) is 5.67. The van der Waals surface area contributed by atoms with Crippen molar-refractivity contribution in [3.05, 3.63) is 23.8 Å². The largest absolute Gasteiger partial charge is 0.392 e. The Morgan fingerprint density at radius 2 is 2.12 bits per heavy atom. The van der Waals surface area contributed by atoms with Gasteiger partial charge in [0.25, 0.3) is 0 Å². The second kappa shape index (κ2) is 4.72. The molecule has 3 N–H and O–H groups in total. The van der Waals surface area contributed by atoms with Crippen molar-refractivity contribution in [2.45, 2.75) is 38.9 Å². The van der Waals surface area contributed by atoms with Crippen LogP contribution in [0, 0.1) is 5.41 Å². The molecule has 0 radical (unpaired) electrons. The maximum absolute atomic E-state index is 11.5. The number of hydrogen-bond acceptors (Lipinski definition) is 4. The number of rotatable bonds is 3. The number of carbonyl (C=O) groups is 1. The van der Waals surface area contributed by atoms with Gasteiger partial charge >= 0.3 is 0 Å². The van der Waals surface area contributed by atoms with Crippen LogP contribution in [-0.4, -0.2) is 39.4 Å². The van der Waals surface area contributed by atoms with Crippen LogP contribution in [0.5, 0.6) is 0 Å². The Morgan fingerprint density at radius 1 is 1.53 bits per heavy atom. The molecule has 4 heteroatoms. The Labute approximate surface area is 101 Å². The standard InChI is InChI=1S/C13H20O4/c1-9(15)4-5-13(17)10(8-14)6-11(16)7-12(13,2)3/h4-6,9,14-15,17H,7-8H2,1-3H3/t9-,13+/m0/s1. The third kappa shape index (κ3) is 2.65. The van der Waals surface area contributed by atoms with E-state index in [4.69, 9.17) is 0 Å². The molecule has 0 fully saturated rings. The van der Waals surface area contributed by atoms with Crippen molar-refractivity contribution in [1.29, 1.82) is 0 Å². The molecule has 1 aliphatic carbocycles. The van der Waals surface area contributed by atoms with E-state index in [1.165, 1.54) is 18.2 Å². The average Bonchev–Trinajstić information content (AvgIpc) is 2.20. The molecule has 0 saturated carbocycles. The molecule has 0 aromatic heterocycles. The van der Waals surface area contributed by atoms with Gasteiger partial charge in [0.1, 0.15) is 5.60 Å². The van der Waals surface area contributed by atoms with Crippen LogP contribution in [0.3, 0.4) is 0 Å². The van der Waals surface area contributed by atoms with Crippen LogP contribution in [0.15, 0.2) is 23.8 Å².